The molecule has 12 rings (SSSR count). The Morgan fingerprint density at radius 1 is 0.266 bits per heavy atom. The highest BCUT2D eigenvalue weighted by atomic mass is 16.3. The molecule has 0 unspecified atom stereocenters. The van der Waals surface area contributed by atoms with Gasteiger partial charge in [-0.3, -0.25) is 25.0 Å². The molecule has 0 radical (unpaired) electrons. The van der Waals surface area contributed by atoms with Crippen LogP contribution in [0.1, 0.15) is 0 Å². The molecule has 0 aliphatic heterocycles. The quantitative estimate of drug-likeness (QED) is 0.112. The van der Waals surface area contributed by atoms with Gasteiger partial charge >= 0.3 is 0 Å². The maximum absolute atomic E-state index is 4.58. The minimum atomic E-state index is 1.26. The normalized spacial score (nSPS) is 8.00. The van der Waals surface area contributed by atoms with Gasteiger partial charge in [-0.25, -0.2) is 29.9 Å². The molecular formula is C43H47N17O4. The molecule has 12 aromatic rings. The van der Waals surface area contributed by atoms with Gasteiger partial charge in [-0.05, 0) is 60.7 Å². The van der Waals surface area contributed by atoms with Gasteiger partial charge in [0.25, 0.3) is 0 Å². The first-order chi connectivity index (χ1) is 32.0. The van der Waals surface area contributed by atoms with Crippen molar-refractivity contribution in [2.24, 2.45) is 0 Å². The van der Waals surface area contributed by atoms with Crippen LogP contribution in [0.4, 0.5) is 0 Å². The van der Waals surface area contributed by atoms with Crippen molar-refractivity contribution >= 4 is 0 Å². The van der Waals surface area contributed by atoms with Crippen molar-refractivity contribution in [2.75, 3.05) is 0 Å². The highest BCUT2D eigenvalue weighted by Gasteiger charge is 1.64. The van der Waals surface area contributed by atoms with Gasteiger partial charge in [0, 0.05) is 112 Å². The first-order valence-corrected chi connectivity index (χ1v) is 18.3. The van der Waals surface area contributed by atoms with Gasteiger partial charge in [-0.1, -0.05) is 12.1 Å². The van der Waals surface area contributed by atoms with E-state index in [1.807, 2.05) is 79.1 Å². The summed E-state index contributed by atoms with van der Waals surface area (Å²) in [7, 11) is 0. The molecule has 12 heterocycles. The number of aromatic amines is 4. The average Bonchev–Trinajstić information content (AvgIpc) is 4.27. The summed E-state index contributed by atoms with van der Waals surface area (Å²) in [6, 6.07) is 22.6. The topological polar surface area (TPSA) is 283 Å². The van der Waals surface area contributed by atoms with E-state index in [9.17, 15) is 0 Å². The Balaban J connectivity index is 0.000000349. The molecule has 328 valence electrons. The van der Waals surface area contributed by atoms with Crippen LogP contribution in [0.5, 0.6) is 0 Å². The molecule has 0 bridgehead atoms. The highest BCUT2D eigenvalue weighted by Crippen LogP contribution is 1.80. The minimum Gasteiger partial charge on any atom is -0.473 e. The fourth-order valence-electron chi connectivity index (χ4n) is 2.77. The molecule has 0 aromatic carbocycles. The predicted molar refractivity (Wildman–Crippen MR) is 235 cm³/mol. The molecule has 0 aliphatic rings. The van der Waals surface area contributed by atoms with Crippen LogP contribution in [0.25, 0.3) is 0 Å². The number of furan rings is 1. The maximum Gasteiger partial charge on any atom is 0.203 e. The molecule has 4 N–H and O–H groups in total. The van der Waals surface area contributed by atoms with Gasteiger partial charge in [0.05, 0.1) is 37.6 Å². The minimum absolute atomic E-state index is 1.26. The molecule has 12 aromatic heterocycles. The summed E-state index contributed by atoms with van der Waals surface area (Å²) in [5.74, 6) is 0. The van der Waals surface area contributed by atoms with Gasteiger partial charge in [0.15, 0.2) is 12.8 Å². The second-order valence-electron chi connectivity index (χ2n) is 9.74. The number of aromatic nitrogens is 17. The Morgan fingerprint density at radius 2 is 0.766 bits per heavy atom. The summed E-state index contributed by atoms with van der Waals surface area (Å²) >= 11 is 0. The zero-order valence-corrected chi connectivity index (χ0v) is 34.3. The molecule has 0 aliphatic carbocycles. The lowest BCUT2D eigenvalue weighted by Crippen LogP contribution is -1.66. The van der Waals surface area contributed by atoms with Gasteiger partial charge in [-0.2, -0.15) is 5.10 Å². The lowest BCUT2D eigenvalue weighted by Gasteiger charge is -1.70. The number of hydrogen-bond acceptors (Lipinski definition) is 17. The molecule has 21 nitrogen and oxygen atoms in total. The van der Waals surface area contributed by atoms with E-state index in [4.69, 9.17) is 0 Å². The van der Waals surface area contributed by atoms with Gasteiger partial charge in [0.1, 0.15) is 18.9 Å². The molecule has 0 saturated heterocycles. The summed E-state index contributed by atoms with van der Waals surface area (Å²) in [4.78, 5) is 45.2. The lowest BCUT2D eigenvalue weighted by molar-refractivity contribution is 0.553. The Kier molecular flexibility index (Phi) is 40.3. The van der Waals surface area contributed by atoms with Crippen LogP contribution in [-0.4, -0.2) is 85.2 Å². The average molecular weight is 866 g/mol. The first kappa shape index (κ1) is 52.2. The van der Waals surface area contributed by atoms with Crippen LogP contribution in [0.2, 0.25) is 0 Å². The van der Waals surface area contributed by atoms with Crippen molar-refractivity contribution < 1.29 is 17.7 Å². The van der Waals surface area contributed by atoms with Crippen LogP contribution >= 0.6 is 0 Å². The molecular weight excluding hydrogens is 819 g/mol. The fraction of sp³-hybridized carbons (Fsp3) is 0. The van der Waals surface area contributed by atoms with E-state index >= 15 is 0 Å². The summed E-state index contributed by atoms with van der Waals surface area (Å²) in [6.45, 7) is 0. The Morgan fingerprint density at radius 3 is 0.906 bits per heavy atom. The van der Waals surface area contributed by atoms with E-state index in [1.165, 1.54) is 44.4 Å². The SMILES string of the molecule is c1c[nH]cn1.c1c[nH]cn1.c1cc[nH]c1.c1ccncc1.c1ccncc1.c1ccoc1.c1cn[nH]c1.c1cnccn1.c1cncnc1.c1cocn1.c1cocn1.c1nnco1. The number of rotatable bonds is 0. The van der Waals surface area contributed by atoms with Crippen LogP contribution < -0.4 is 0 Å². The van der Waals surface area contributed by atoms with Crippen molar-refractivity contribution in [1.29, 1.82) is 0 Å². The summed E-state index contributed by atoms with van der Waals surface area (Å²) < 4.78 is 17.9. The summed E-state index contributed by atoms with van der Waals surface area (Å²) in [5.41, 5.74) is 0. The number of hydrogen-bond donors (Lipinski definition) is 4. The number of nitrogens with zero attached hydrogens (tertiary/aromatic N) is 13. The third-order valence-corrected chi connectivity index (χ3v) is 5.20. The van der Waals surface area contributed by atoms with E-state index in [1.54, 1.807) is 143 Å². The molecule has 0 atom stereocenters. The zero-order valence-electron chi connectivity index (χ0n) is 34.3. The third kappa shape index (κ3) is 46.6. The second-order valence-corrected chi connectivity index (χ2v) is 9.74. The number of H-pyrrole nitrogens is 4. The summed E-state index contributed by atoms with van der Waals surface area (Å²) in [5, 5.41) is 12.8. The predicted octanol–water partition coefficient (Wildman–Crippen LogP) is 8.06. The van der Waals surface area contributed by atoms with Crippen molar-refractivity contribution in [1.82, 2.24) is 85.2 Å². The van der Waals surface area contributed by atoms with Crippen molar-refractivity contribution in [3.05, 3.63) is 266 Å². The standard InChI is InChI=1S/2C5H5N.2C4H4N2.C4H5N.C4H4O.3C3H4N2.2C3H3NO.C2H2N2O/c2*1-2-4-6-5-3-1;1-2-6-4-3-5-1;1-2-5-4-6-3-1;2*1-2-4-5-3-1;2*1-2-5-3-4-1;1-2-4-5-3-1;2*1-2-5-3-4-1;1-3-4-2-5-1/h2*1-5H;2*1-4H;1-5H;1-4H;3*1-3H,(H,4,5);2*1-3H;1-2H. The van der Waals surface area contributed by atoms with Crippen molar-refractivity contribution in [3.8, 4) is 0 Å². The van der Waals surface area contributed by atoms with Crippen LogP contribution in [0.15, 0.2) is 284 Å². The van der Waals surface area contributed by atoms with Gasteiger partial charge in [0.2, 0.25) is 12.8 Å². The van der Waals surface area contributed by atoms with Crippen molar-refractivity contribution in [2.45, 2.75) is 0 Å². The molecule has 0 saturated carbocycles. The smallest absolute Gasteiger partial charge is 0.203 e. The third-order valence-electron chi connectivity index (χ3n) is 5.20. The van der Waals surface area contributed by atoms with Crippen LogP contribution in [-0.2, 0) is 0 Å². The van der Waals surface area contributed by atoms with Gasteiger partial charge in [-0.15, -0.1) is 10.2 Å². The molecule has 21 heteroatoms. The first-order valence-electron chi connectivity index (χ1n) is 18.3. The van der Waals surface area contributed by atoms with E-state index in [2.05, 4.69) is 103 Å². The van der Waals surface area contributed by atoms with Gasteiger partial charge < -0.3 is 32.6 Å². The number of nitrogens with one attached hydrogen (secondary N) is 4. The van der Waals surface area contributed by atoms with Crippen LogP contribution in [0.3, 0.4) is 0 Å². The number of oxazole rings is 2. The van der Waals surface area contributed by atoms with E-state index in [0.29, 0.717) is 0 Å². The Hall–Kier alpha value is -9.79. The molecule has 0 spiro atoms. The van der Waals surface area contributed by atoms with Crippen LogP contribution in [0, 0.1) is 0 Å². The monoisotopic (exact) mass is 865 g/mol. The van der Waals surface area contributed by atoms with E-state index in [0.717, 1.165) is 0 Å². The Labute approximate surface area is 368 Å². The highest BCUT2D eigenvalue weighted by molar-refractivity contribution is 4.89. The number of pyridine rings is 2. The number of imidazole rings is 2. The molecule has 0 amide bonds. The van der Waals surface area contributed by atoms with E-state index in [-0.39, 0.29) is 0 Å². The second kappa shape index (κ2) is 49.4. The molecule has 0 fully saturated rings. The van der Waals surface area contributed by atoms with Crippen molar-refractivity contribution in [3.63, 3.8) is 0 Å². The lowest BCUT2D eigenvalue weighted by atomic mass is 10.5. The Bertz CT molecular complexity index is 1570. The fourth-order valence-corrected chi connectivity index (χ4v) is 2.77. The van der Waals surface area contributed by atoms with E-state index < -0.39 is 0 Å². The maximum atomic E-state index is 4.58. The summed E-state index contributed by atoms with van der Waals surface area (Å²) in [6.07, 6.45) is 50.5. The largest absolute Gasteiger partial charge is 0.473 e. The molecule has 64 heavy (non-hydrogen) atoms. The zero-order chi connectivity index (χ0) is 45.3.